The molecule has 1 aromatic carbocycles. The fraction of sp³-hybridized carbons (Fsp3) is 0.375. The van der Waals surface area contributed by atoms with Crippen molar-refractivity contribution in [1.82, 2.24) is 4.98 Å². The molecule has 0 saturated carbocycles. The van der Waals surface area contributed by atoms with Crippen LogP contribution in [0.5, 0.6) is 0 Å². The Morgan fingerprint density at radius 2 is 2.00 bits per heavy atom. The Hall–Kier alpha value is -1.70. The number of nitrogens with zero attached hydrogens (tertiary/aromatic N) is 1. The summed E-state index contributed by atoms with van der Waals surface area (Å²) in [5, 5.41) is 0.978. The highest BCUT2D eigenvalue weighted by Gasteiger charge is 2.11. The zero-order valence-corrected chi connectivity index (χ0v) is 11.4. The van der Waals surface area contributed by atoms with Crippen LogP contribution >= 0.6 is 0 Å². The second-order valence-electron chi connectivity index (χ2n) is 5.01. The van der Waals surface area contributed by atoms with E-state index in [1.807, 2.05) is 12.1 Å². The molecule has 2 rings (SSSR count). The molecule has 0 amide bonds. The van der Waals surface area contributed by atoms with Gasteiger partial charge in [0.15, 0.2) is 5.78 Å². The van der Waals surface area contributed by atoms with Crippen LogP contribution in [0.2, 0.25) is 0 Å². The number of benzene rings is 1. The SMILES string of the molecule is CCc1ccc2nc(C(C)C)cc(C(C)=O)c2c1. The smallest absolute Gasteiger partial charge is 0.160 e. The van der Waals surface area contributed by atoms with Crippen LogP contribution in [-0.2, 0) is 6.42 Å². The molecule has 0 atom stereocenters. The number of pyridine rings is 1. The van der Waals surface area contributed by atoms with Crippen LogP contribution in [-0.4, -0.2) is 10.8 Å². The summed E-state index contributed by atoms with van der Waals surface area (Å²) >= 11 is 0. The highest BCUT2D eigenvalue weighted by molar-refractivity contribution is 6.06. The molecule has 2 nitrogen and oxygen atoms in total. The predicted octanol–water partition coefficient (Wildman–Crippen LogP) is 4.12. The summed E-state index contributed by atoms with van der Waals surface area (Å²) in [4.78, 5) is 16.4. The van der Waals surface area contributed by atoms with Crippen molar-refractivity contribution in [3.05, 3.63) is 41.1 Å². The molecular formula is C16H19NO. The van der Waals surface area contributed by atoms with Crippen molar-refractivity contribution >= 4 is 16.7 Å². The van der Waals surface area contributed by atoms with E-state index < -0.39 is 0 Å². The molecule has 2 heteroatoms. The Morgan fingerprint density at radius 3 is 2.56 bits per heavy atom. The molecule has 0 unspecified atom stereocenters. The van der Waals surface area contributed by atoms with Crippen molar-refractivity contribution in [3.8, 4) is 0 Å². The number of rotatable bonds is 3. The van der Waals surface area contributed by atoms with Crippen LogP contribution in [0.1, 0.15) is 55.2 Å². The van der Waals surface area contributed by atoms with Gasteiger partial charge in [-0.15, -0.1) is 0 Å². The number of fused-ring (bicyclic) bond motifs is 1. The summed E-state index contributed by atoms with van der Waals surface area (Å²) < 4.78 is 0. The third-order valence-corrected chi connectivity index (χ3v) is 3.27. The van der Waals surface area contributed by atoms with Gasteiger partial charge in [-0.05, 0) is 43.0 Å². The lowest BCUT2D eigenvalue weighted by molar-refractivity contribution is 0.101. The Balaban J connectivity index is 2.77. The predicted molar refractivity (Wildman–Crippen MR) is 75.2 cm³/mol. The second-order valence-corrected chi connectivity index (χ2v) is 5.01. The summed E-state index contributed by atoms with van der Waals surface area (Å²) in [6, 6.07) is 8.13. The molecule has 1 heterocycles. The van der Waals surface area contributed by atoms with Crippen molar-refractivity contribution in [3.63, 3.8) is 0 Å². The molecular weight excluding hydrogens is 222 g/mol. The number of hydrogen-bond acceptors (Lipinski definition) is 2. The van der Waals surface area contributed by atoms with Crippen molar-refractivity contribution in [1.29, 1.82) is 0 Å². The second kappa shape index (κ2) is 4.89. The van der Waals surface area contributed by atoms with Crippen LogP contribution in [0.25, 0.3) is 10.9 Å². The number of carbonyl (C=O) groups excluding carboxylic acids is 1. The maximum Gasteiger partial charge on any atom is 0.160 e. The van der Waals surface area contributed by atoms with E-state index in [1.54, 1.807) is 6.92 Å². The number of ketones is 1. The van der Waals surface area contributed by atoms with E-state index in [-0.39, 0.29) is 5.78 Å². The van der Waals surface area contributed by atoms with Gasteiger partial charge in [0.25, 0.3) is 0 Å². The number of aromatic nitrogens is 1. The minimum absolute atomic E-state index is 0.109. The van der Waals surface area contributed by atoms with Crippen LogP contribution in [0.15, 0.2) is 24.3 Å². The lowest BCUT2D eigenvalue weighted by Crippen LogP contribution is -2.01. The first-order valence-corrected chi connectivity index (χ1v) is 6.47. The first-order valence-electron chi connectivity index (χ1n) is 6.47. The van der Waals surface area contributed by atoms with Gasteiger partial charge < -0.3 is 0 Å². The molecule has 0 aliphatic rings. The Morgan fingerprint density at radius 1 is 1.28 bits per heavy atom. The molecule has 0 fully saturated rings. The van der Waals surface area contributed by atoms with Crippen LogP contribution < -0.4 is 0 Å². The molecule has 1 aromatic heterocycles. The van der Waals surface area contributed by atoms with Gasteiger partial charge in [-0.25, -0.2) is 0 Å². The lowest BCUT2D eigenvalue weighted by atomic mass is 9.99. The zero-order valence-electron chi connectivity index (χ0n) is 11.4. The Bertz CT molecular complexity index is 599. The first-order chi connectivity index (χ1) is 8.52. The average Bonchev–Trinajstić information content (AvgIpc) is 2.36. The number of aryl methyl sites for hydroxylation is 1. The van der Waals surface area contributed by atoms with Gasteiger partial charge in [-0.2, -0.15) is 0 Å². The van der Waals surface area contributed by atoms with Gasteiger partial charge in [0.2, 0.25) is 0 Å². The van der Waals surface area contributed by atoms with Gasteiger partial charge in [0.05, 0.1) is 5.52 Å². The molecule has 2 aromatic rings. The molecule has 0 bridgehead atoms. The number of Topliss-reactive ketones (excluding diaryl/α,β-unsaturated/α-hetero) is 1. The summed E-state index contributed by atoms with van der Waals surface area (Å²) in [6.07, 6.45) is 0.971. The fourth-order valence-corrected chi connectivity index (χ4v) is 2.10. The molecule has 0 radical (unpaired) electrons. The fourth-order valence-electron chi connectivity index (χ4n) is 2.10. The monoisotopic (exact) mass is 241 g/mol. The third-order valence-electron chi connectivity index (χ3n) is 3.27. The van der Waals surface area contributed by atoms with Crippen molar-refractivity contribution in [2.24, 2.45) is 0 Å². The molecule has 18 heavy (non-hydrogen) atoms. The van der Waals surface area contributed by atoms with Crippen molar-refractivity contribution < 1.29 is 4.79 Å². The quantitative estimate of drug-likeness (QED) is 0.756. The molecule has 0 N–H and O–H groups in total. The number of carbonyl (C=O) groups is 1. The minimum Gasteiger partial charge on any atom is -0.294 e. The molecule has 0 spiro atoms. The summed E-state index contributed by atoms with van der Waals surface area (Å²) in [5.41, 5.74) is 3.93. The van der Waals surface area contributed by atoms with Crippen LogP contribution in [0, 0.1) is 0 Å². The van der Waals surface area contributed by atoms with Gasteiger partial charge in [0.1, 0.15) is 0 Å². The summed E-state index contributed by atoms with van der Waals surface area (Å²) in [7, 11) is 0. The van der Waals surface area contributed by atoms with Gasteiger partial charge in [0, 0.05) is 16.6 Å². The first kappa shape index (κ1) is 12.7. The third kappa shape index (κ3) is 2.28. The molecule has 0 aliphatic carbocycles. The standard InChI is InChI=1S/C16H19NO/c1-5-12-6-7-15-14(8-12)13(11(4)18)9-16(17-15)10(2)3/h6-10H,5H2,1-4H3. The minimum atomic E-state index is 0.109. The van der Waals surface area contributed by atoms with E-state index in [4.69, 9.17) is 0 Å². The van der Waals surface area contributed by atoms with Crippen LogP contribution in [0.4, 0.5) is 0 Å². The maximum absolute atomic E-state index is 11.8. The van der Waals surface area contributed by atoms with Gasteiger partial charge >= 0.3 is 0 Å². The van der Waals surface area contributed by atoms with E-state index in [0.29, 0.717) is 5.92 Å². The largest absolute Gasteiger partial charge is 0.294 e. The zero-order chi connectivity index (χ0) is 13.3. The average molecular weight is 241 g/mol. The highest BCUT2D eigenvalue weighted by atomic mass is 16.1. The molecule has 0 aliphatic heterocycles. The van der Waals surface area contributed by atoms with Gasteiger partial charge in [-0.1, -0.05) is 26.8 Å². The molecule has 0 saturated heterocycles. The van der Waals surface area contributed by atoms with Crippen molar-refractivity contribution in [2.75, 3.05) is 0 Å². The van der Waals surface area contributed by atoms with Crippen LogP contribution in [0.3, 0.4) is 0 Å². The highest BCUT2D eigenvalue weighted by Crippen LogP contribution is 2.24. The van der Waals surface area contributed by atoms with E-state index in [1.165, 1.54) is 5.56 Å². The van der Waals surface area contributed by atoms with Gasteiger partial charge in [-0.3, -0.25) is 9.78 Å². The van der Waals surface area contributed by atoms with E-state index in [2.05, 4.69) is 37.9 Å². The number of hydrogen-bond donors (Lipinski definition) is 0. The van der Waals surface area contributed by atoms with E-state index in [0.717, 1.165) is 28.6 Å². The summed E-state index contributed by atoms with van der Waals surface area (Å²) in [6.45, 7) is 7.93. The van der Waals surface area contributed by atoms with E-state index >= 15 is 0 Å². The topological polar surface area (TPSA) is 30.0 Å². The molecule has 94 valence electrons. The maximum atomic E-state index is 11.8. The van der Waals surface area contributed by atoms with E-state index in [9.17, 15) is 4.79 Å². The lowest BCUT2D eigenvalue weighted by Gasteiger charge is -2.11. The normalized spacial score (nSPS) is 11.2. The Labute approximate surface area is 108 Å². The summed E-state index contributed by atoms with van der Waals surface area (Å²) in [5.74, 6) is 0.441. The Kier molecular flexibility index (Phi) is 3.46. The van der Waals surface area contributed by atoms with Crippen molar-refractivity contribution in [2.45, 2.75) is 40.0 Å².